The molecule has 2 aliphatic heterocycles. The van der Waals surface area contributed by atoms with E-state index in [-0.39, 0.29) is 18.1 Å². The number of carbonyl (C=O) groups is 1. The third kappa shape index (κ3) is 6.02. The van der Waals surface area contributed by atoms with Crippen molar-refractivity contribution in [1.82, 2.24) is 25.0 Å². The SMILES string of the molecule is O=C(Cc1cn(-c2ccc(N3CCN(Cc4ccc5c(c4)OCO5)CC3)nn2)c2ccccc12)NCCc1ccc(O)cc1. The van der Waals surface area contributed by atoms with E-state index in [4.69, 9.17) is 9.47 Å². The van der Waals surface area contributed by atoms with E-state index in [0.29, 0.717) is 25.6 Å². The summed E-state index contributed by atoms with van der Waals surface area (Å²) in [5, 5.41) is 22.7. The Labute approximate surface area is 255 Å². The van der Waals surface area contributed by atoms with Crippen molar-refractivity contribution < 1.29 is 19.4 Å². The van der Waals surface area contributed by atoms with E-state index < -0.39 is 0 Å². The number of amides is 1. The summed E-state index contributed by atoms with van der Waals surface area (Å²) in [7, 11) is 0. The Morgan fingerprint density at radius 3 is 2.41 bits per heavy atom. The average Bonchev–Trinajstić information content (AvgIpc) is 3.67. The summed E-state index contributed by atoms with van der Waals surface area (Å²) in [5.41, 5.74) is 4.20. The molecule has 0 spiro atoms. The van der Waals surface area contributed by atoms with Gasteiger partial charge in [0.1, 0.15) is 5.75 Å². The fraction of sp³-hybridized carbons (Fsp3) is 0.265. The van der Waals surface area contributed by atoms with Crippen LogP contribution in [-0.4, -0.2) is 70.2 Å². The van der Waals surface area contributed by atoms with E-state index in [1.165, 1.54) is 5.56 Å². The molecule has 10 nitrogen and oxygen atoms in total. The van der Waals surface area contributed by atoms with Crippen LogP contribution in [0.5, 0.6) is 17.2 Å². The minimum atomic E-state index is -0.0363. The average molecular weight is 591 g/mol. The lowest BCUT2D eigenvalue weighted by atomic mass is 10.1. The Balaban J connectivity index is 0.971. The number of phenols is 1. The van der Waals surface area contributed by atoms with E-state index in [1.54, 1.807) is 12.1 Å². The van der Waals surface area contributed by atoms with Gasteiger partial charge in [0.25, 0.3) is 0 Å². The van der Waals surface area contributed by atoms with E-state index in [9.17, 15) is 9.90 Å². The first-order chi connectivity index (χ1) is 21.6. The van der Waals surface area contributed by atoms with E-state index >= 15 is 0 Å². The molecule has 1 amide bonds. The van der Waals surface area contributed by atoms with Gasteiger partial charge in [-0.15, -0.1) is 10.2 Å². The van der Waals surface area contributed by atoms with Gasteiger partial charge in [-0.3, -0.25) is 14.3 Å². The van der Waals surface area contributed by atoms with Crippen molar-refractivity contribution in [3.63, 3.8) is 0 Å². The number of fused-ring (bicyclic) bond motifs is 2. The highest BCUT2D eigenvalue weighted by atomic mass is 16.7. The number of para-hydroxylation sites is 1. The molecule has 0 bridgehead atoms. The molecule has 0 unspecified atom stereocenters. The number of piperazine rings is 1. The Bertz CT molecular complexity index is 1760. The molecule has 0 saturated carbocycles. The van der Waals surface area contributed by atoms with Crippen LogP contribution in [0.3, 0.4) is 0 Å². The van der Waals surface area contributed by atoms with Crippen molar-refractivity contribution in [3.05, 3.63) is 102 Å². The zero-order valence-corrected chi connectivity index (χ0v) is 24.4. The van der Waals surface area contributed by atoms with Crippen LogP contribution in [0.2, 0.25) is 0 Å². The third-order valence-corrected chi connectivity index (χ3v) is 8.24. The molecule has 224 valence electrons. The molecule has 44 heavy (non-hydrogen) atoms. The minimum absolute atomic E-state index is 0.0363. The summed E-state index contributed by atoms with van der Waals surface area (Å²) in [4.78, 5) is 17.5. The molecule has 1 saturated heterocycles. The zero-order chi connectivity index (χ0) is 29.9. The molecule has 7 rings (SSSR count). The second kappa shape index (κ2) is 12.3. The number of ether oxygens (including phenoxy) is 2. The third-order valence-electron chi connectivity index (χ3n) is 8.24. The van der Waals surface area contributed by atoms with Crippen LogP contribution in [0.1, 0.15) is 16.7 Å². The largest absolute Gasteiger partial charge is 0.508 e. The van der Waals surface area contributed by atoms with Crippen LogP contribution in [0, 0.1) is 0 Å². The number of aromatic hydroxyl groups is 1. The molecule has 3 aromatic carbocycles. The van der Waals surface area contributed by atoms with Crippen LogP contribution >= 0.6 is 0 Å². The van der Waals surface area contributed by atoms with Crippen molar-refractivity contribution in [2.45, 2.75) is 19.4 Å². The number of hydrogen-bond acceptors (Lipinski definition) is 8. The molecule has 0 radical (unpaired) electrons. The second-order valence-electron chi connectivity index (χ2n) is 11.2. The molecule has 10 heteroatoms. The standard InChI is InChI=1S/C34H34N6O4/c41-27-8-5-24(6-9-27)13-14-35-34(42)20-26-22-40(29-4-2-1-3-28(26)29)33-12-11-32(36-37-33)39-17-15-38(16-18-39)21-25-7-10-30-31(19-25)44-23-43-30/h1-12,19,22,41H,13-18,20-21,23H2,(H,35,42). The van der Waals surface area contributed by atoms with Gasteiger partial charge in [0.15, 0.2) is 23.1 Å². The summed E-state index contributed by atoms with van der Waals surface area (Å²) >= 11 is 0. The molecular weight excluding hydrogens is 556 g/mol. The summed E-state index contributed by atoms with van der Waals surface area (Å²) in [5.74, 6) is 3.41. The summed E-state index contributed by atoms with van der Waals surface area (Å²) < 4.78 is 13.0. The maximum atomic E-state index is 12.8. The lowest BCUT2D eigenvalue weighted by molar-refractivity contribution is -0.120. The number of rotatable bonds is 9. The topological polar surface area (TPSA) is 105 Å². The van der Waals surface area contributed by atoms with Crippen LogP contribution in [0.25, 0.3) is 16.7 Å². The van der Waals surface area contributed by atoms with Gasteiger partial charge in [-0.1, -0.05) is 36.4 Å². The first kappa shape index (κ1) is 27.7. The number of phenolic OH excluding ortho intramolecular Hbond substituents is 1. The highest BCUT2D eigenvalue weighted by Gasteiger charge is 2.21. The van der Waals surface area contributed by atoms with Crippen LogP contribution < -0.4 is 19.7 Å². The number of aromatic nitrogens is 3. The number of benzene rings is 3. The van der Waals surface area contributed by atoms with Crippen molar-refractivity contribution >= 4 is 22.6 Å². The summed E-state index contributed by atoms with van der Waals surface area (Å²) in [6.45, 7) is 5.30. The highest BCUT2D eigenvalue weighted by Crippen LogP contribution is 2.33. The lowest BCUT2D eigenvalue weighted by Gasteiger charge is -2.35. The molecule has 2 aromatic heterocycles. The fourth-order valence-corrected chi connectivity index (χ4v) is 5.87. The molecule has 2 aliphatic rings. The minimum Gasteiger partial charge on any atom is -0.508 e. The van der Waals surface area contributed by atoms with Gasteiger partial charge in [0.2, 0.25) is 12.7 Å². The molecular formula is C34H34N6O4. The number of anilines is 1. The molecule has 2 N–H and O–H groups in total. The number of carbonyl (C=O) groups excluding carboxylic acids is 1. The maximum Gasteiger partial charge on any atom is 0.231 e. The predicted molar refractivity (Wildman–Crippen MR) is 167 cm³/mol. The Hall–Kier alpha value is -5.09. The molecule has 1 fully saturated rings. The van der Waals surface area contributed by atoms with Crippen LogP contribution in [0.15, 0.2) is 85.1 Å². The maximum absolute atomic E-state index is 12.8. The molecule has 4 heterocycles. The number of nitrogens with zero attached hydrogens (tertiary/aromatic N) is 5. The Morgan fingerprint density at radius 2 is 1.59 bits per heavy atom. The van der Waals surface area contributed by atoms with Gasteiger partial charge >= 0.3 is 0 Å². The van der Waals surface area contributed by atoms with Crippen molar-refractivity contribution in [2.75, 3.05) is 44.4 Å². The fourth-order valence-electron chi connectivity index (χ4n) is 5.87. The number of hydrogen-bond donors (Lipinski definition) is 2. The zero-order valence-electron chi connectivity index (χ0n) is 24.4. The van der Waals surface area contributed by atoms with Gasteiger partial charge in [-0.25, -0.2) is 0 Å². The highest BCUT2D eigenvalue weighted by molar-refractivity contribution is 5.90. The van der Waals surface area contributed by atoms with E-state index in [1.807, 2.05) is 65.4 Å². The summed E-state index contributed by atoms with van der Waals surface area (Å²) in [6, 6.07) is 25.3. The quantitative estimate of drug-likeness (QED) is 0.265. The van der Waals surface area contributed by atoms with Crippen molar-refractivity contribution in [2.24, 2.45) is 0 Å². The van der Waals surface area contributed by atoms with Gasteiger partial charge in [-0.05, 0) is 65.6 Å². The van der Waals surface area contributed by atoms with Gasteiger partial charge in [-0.2, -0.15) is 0 Å². The Kier molecular flexibility index (Phi) is 7.72. The van der Waals surface area contributed by atoms with Gasteiger partial charge in [0, 0.05) is 50.9 Å². The Morgan fingerprint density at radius 1 is 0.841 bits per heavy atom. The number of nitrogens with one attached hydrogen (secondary N) is 1. The first-order valence-corrected chi connectivity index (χ1v) is 14.9. The lowest BCUT2D eigenvalue weighted by Crippen LogP contribution is -2.46. The monoisotopic (exact) mass is 590 g/mol. The van der Waals surface area contributed by atoms with Crippen molar-refractivity contribution in [3.8, 4) is 23.1 Å². The second-order valence-corrected chi connectivity index (χ2v) is 11.2. The van der Waals surface area contributed by atoms with Crippen LogP contribution in [-0.2, 0) is 24.2 Å². The van der Waals surface area contributed by atoms with Crippen molar-refractivity contribution in [1.29, 1.82) is 0 Å². The van der Waals surface area contributed by atoms with E-state index in [2.05, 4.69) is 37.4 Å². The predicted octanol–water partition coefficient (Wildman–Crippen LogP) is 4.08. The smallest absolute Gasteiger partial charge is 0.231 e. The van der Waals surface area contributed by atoms with Gasteiger partial charge < -0.3 is 24.8 Å². The normalized spacial score (nSPS) is 14.7. The molecule has 0 aliphatic carbocycles. The van der Waals surface area contributed by atoms with Crippen LogP contribution in [0.4, 0.5) is 5.82 Å². The van der Waals surface area contributed by atoms with Gasteiger partial charge in [0.05, 0.1) is 11.9 Å². The molecule has 0 atom stereocenters. The summed E-state index contributed by atoms with van der Waals surface area (Å²) in [6.07, 6.45) is 2.96. The molecule has 5 aromatic rings. The van der Waals surface area contributed by atoms with E-state index in [0.717, 1.165) is 72.1 Å². The first-order valence-electron chi connectivity index (χ1n) is 14.9.